The highest BCUT2D eigenvalue weighted by Gasteiger charge is 2.49. The second-order valence-electron chi connectivity index (χ2n) is 10.1. The van der Waals surface area contributed by atoms with Crippen molar-refractivity contribution in [1.29, 1.82) is 0 Å². The lowest BCUT2D eigenvalue weighted by molar-refractivity contribution is 0.446. The van der Waals surface area contributed by atoms with Crippen molar-refractivity contribution in [2.45, 2.75) is 57.5 Å². The highest BCUT2D eigenvalue weighted by atomic mass is 35.5. The minimum Gasteiger partial charge on any atom is -0.424 e. The second-order valence-corrected chi connectivity index (χ2v) is 14.5. The third-order valence-corrected chi connectivity index (χ3v) is 11.9. The van der Waals surface area contributed by atoms with E-state index in [1.54, 1.807) is 0 Å². The molecule has 1 heterocycles. The van der Waals surface area contributed by atoms with Crippen LogP contribution in [0.5, 0.6) is 0 Å². The van der Waals surface area contributed by atoms with Crippen molar-refractivity contribution < 1.29 is 4.80 Å². The van der Waals surface area contributed by atoms with Gasteiger partial charge < -0.3 is 10.1 Å². The molecule has 0 bridgehead atoms. The molecule has 0 fully saturated rings. The van der Waals surface area contributed by atoms with Gasteiger partial charge in [0.2, 0.25) is 0 Å². The lowest BCUT2D eigenvalue weighted by Crippen LogP contribution is -2.65. The molecule has 35 heavy (non-hydrogen) atoms. The summed E-state index contributed by atoms with van der Waals surface area (Å²) in [5.41, 5.74) is 2.00. The molecule has 3 nitrogen and oxygen atoms in total. The summed E-state index contributed by atoms with van der Waals surface area (Å²) in [6.45, 7) is 6.72. The van der Waals surface area contributed by atoms with Crippen molar-refractivity contribution in [3.05, 3.63) is 96.1 Å². The molecule has 4 rings (SSSR count). The SMILES string of the molecule is CC(CCCCC(C)(C)[Si](O)(c1ccccc1)c1ccccc1)Nc1ccnc2cc(Cl)ccc12. The van der Waals surface area contributed by atoms with E-state index in [1.807, 2.05) is 66.9 Å². The summed E-state index contributed by atoms with van der Waals surface area (Å²) in [6.07, 6.45) is 6.03. The molecule has 0 radical (unpaired) electrons. The number of unbranched alkanes of at least 4 members (excludes halogenated alkanes) is 1. The van der Waals surface area contributed by atoms with E-state index in [0.717, 1.165) is 52.6 Å². The molecule has 0 saturated heterocycles. The van der Waals surface area contributed by atoms with Gasteiger partial charge >= 0.3 is 0 Å². The number of pyridine rings is 1. The Labute approximate surface area is 215 Å². The van der Waals surface area contributed by atoms with E-state index in [4.69, 9.17) is 11.6 Å². The Kier molecular flexibility index (Phi) is 7.95. The van der Waals surface area contributed by atoms with Crippen molar-refractivity contribution in [2.75, 3.05) is 5.32 Å². The Balaban J connectivity index is 1.41. The summed E-state index contributed by atoms with van der Waals surface area (Å²) in [7, 11) is -2.94. The Morgan fingerprint density at radius 1 is 0.914 bits per heavy atom. The topological polar surface area (TPSA) is 45.1 Å². The van der Waals surface area contributed by atoms with Crippen LogP contribution in [0.2, 0.25) is 10.1 Å². The number of anilines is 1. The number of rotatable bonds is 10. The van der Waals surface area contributed by atoms with Gasteiger partial charge in [-0.15, -0.1) is 0 Å². The van der Waals surface area contributed by atoms with Crippen LogP contribution in [0.15, 0.2) is 91.1 Å². The first-order chi connectivity index (χ1) is 16.8. The molecule has 0 saturated carbocycles. The van der Waals surface area contributed by atoms with Crippen LogP contribution in [0.4, 0.5) is 5.69 Å². The smallest absolute Gasteiger partial charge is 0.258 e. The number of nitrogens with zero attached hydrogens (tertiary/aromatic N) is 1. The fourth-order valence-electron chi connectivity index (χ4n) is 5.09. The minimum atomic E-state index is -2.94. The predicted octanol–water partition coefficient (Wildman–Crippen LogP) is 6.78. The summed E-state index contributed by atoms with van der Waals surface area (Å²) in [6, 6.07) is 28.8. The van der Waals surface area contributed by atoms with Gasteiger partial charge in [-0.05, 0) is 59.4 Å². The maximum atomic E-state index is 12.3. The summed E-state index contributed by atoms with van der Waals surface area (Å²) in [5.74, 6) is 0. The van der Waals surface area contributed by atoms with E-state index in [9.17, 15) is 4.80 Å². The summed E-state index contributed by atoms with van der Waals surface area (Å²) >= 11 is 6.13. The van der Waals surface area contributed by atoms with Crippen molar-refractivity contribution in [3.8, 4) is 0 Å². The number of fused-ring (bicyclic) bond motifs is 1. The first-order valence-corrected chi connectivity index (χ1v) is 14.8. The molecule has 0 spiro atoms. The van der Waals surface area contributed by atoms with Gasteiger partial charge in [0.25, 0.3) is 8.32 Å². The number of benzene rings is 3. The van der Waals surface area contributed by atoms with Gasteiger partial charge in [0.15, 0.2) is 0 Å². The van der Waals surface area contributed by atoms with Gasteiger partial charge in [-0.1, -0.05) is 99.0 Å². The molecule has 1 unspecified atom stereocenters. The highest BCUT2D eigenvalue weighted by Crippen LogP contribution is 2.40. The zero-order valence-electron chi connectivity index (χ0n) is 20.8. The van der Waals surface area contributed by atoms with E-state index in [-0.39, 0.29) is 5.04 Å². The fourth-order valence-corrected chi connectivity index (χ4v) is 9.04. The molecule has 0 amide bonds. The first kappa shape index (κ1) is 25.4. The summed E-state index contributed by atoms with van der Waals surface area (Å²) < 4.78 is 0. The zero-order valence-corrected chi connectivity index (χ0v) is 22.6. The normalized spacial score (nSPS) is 13.1. The molecule has 0 aliphatic heterocycles. The number of halogens is 1. The quantitative estimate of drug-likeness (QED) is 0.185. The lowest BCUT2D eigenvalue weighted by Gasteiger charge is -2.41. The van der Waals surface area contributed by atoms with Crippen LogP contribution in [-0.2, 0) is 0 Å². The van der Waals surface area contributed by atoms with Crippen LogP contribution >= 0.6 is 11.6 Å². The van der Waals surface area contributed by atoms with Crippen LogP contribution in [0.1, 0.15) is 46.5 Å². The first-order valence-electron chi connectivity index (χ1n) is 12.5. The minimum absolute atomic E-state index is 0.201. The monoisotopic (exact) mass is 502 g/mol. The molecule has 0 aliphatic carbocycles. The van der Waals surface area contributed by atoms with Crippen LogP contribution in [0, 0.1) is 0 Å². The molecule has 182 valence electrons. The molecule has 1 aromatic heterocycles. The standard InChI is InChI=1S/C30H35ClN2OSi/c1-23(33-28-19-21-32-29-22-24(31)17-18-27(28)29)12-10-11-20-30(2,3)35(34,25-13-6-4-7-14-25)26-15-8-5-9-16-26/h4-9,13-19,21-23,34H,10-12,20H2,1-3H3,(H,32,33). The van der Waals surface area contributed by atoms with Crippen LogP contribution in [-0.4, -0.2) is 24.1 Å². The van der Waals surface area contributed by atoms with Gasteiger partial charge in [-0.2, -0.15) is 0 Å². The molecule has 3 aromatic carbocycles. The number of aromatic nitrogens is 1. The number of nitrogens with one attached hydrogen (secondary N) is 1. The molecule has 0 aliphatic rings. The summed E-state index contributed by atoms with van der Waals surface area (Å²) in [5, 5.41) is 7.41. The van der Waals surface area contributed by atoms with Gasteiger partial charge in [0, 0.05) is 28.3 Å². The molecule has 1 atom stereocenters. The molecular weight excluding hydrogens is 468 g/mol. The van der Waals surface area contributed by atoms with Crippen LogP contribution < -0.4 is 15.7 Å². The van der Waals surface area contributed by atoms with Crippen LogP contribution in [0.3, 0.4) is 0 Å². The molecule has 4 aromatic rings. The molecule has 2 N–H and O–H groups in total. The lowest BCUT2D eigenvalue weighted by atomic mass is 10.0. The predicted molar refractivity (Wildman–Crippen MR) is 152 cm³/mol. The zero-order chi connectivity index (χ0) is 24.9. The Bertz CT molecular complexity index is 1210. The number of hydrogen-bond acceptors (Lipinski definition) is 3. The van der Waals surface area contributed by atoms with Gasteiger partial charge in [-0.3, -0.25) is 4.98 Å². The van der Waals surface area contributed by atoms with E-state index >= 15 is 0 Å². The maximum absolute atomic E-state index is 12.3. The second kappa shape index (κ2) is 10.9. The third kappa shape index (κ3) is 5.61. The molecule has 5 heteroatoms. The Morgan fingerprint density at radius 2 is 1.54 bits per heavy atom. The average molecular weight is 503 g/mol. The third-order valence-electron chi connectivity index (χ3n) is 7.16. The highest BCUT2D eigenvalue weighted by molar-refractivity contribution is 6.98. The average Bonchev–Trinajstić information content (AvgIpc) is 2.87. The van der Waals surface area contributed by atoms with E-state index in [1.165, 1.54) is 0 Å². The number of hydrogen-bond donors (Lipinski definition) is 2. The van der Waals surface area contributed by atoms with E-state index in [0.29, 0.717) is 11.1 Å². The maximum Gasteiger partial charge on any atom is 0.258 e. The fraction of sp³-hybridized carbons (Fsp3) is 0.300. The molecular formula is C30H35ClN2OSi. The van der Waals surface area contributed by atoms with Crippen molar-refractivity contribution in [2.24, 2.45) is 0 Å². The van der Waals surface area contributed by atoms with Gasteiger partial charge in [0.1, 0.15) is 0 Å². The Hall–Kier alpha value is -2.66. The Morgan fingerprint density at radius 3 is 2.17 bits per heavy atom. The largest absolute Gasteiger partial charge is 0.424 e. The van der Waals surface area contributed by atoms with Gasteiger partial charge in [-0.25, -0.2) is 0 Å². The summed E-state index contributed by atoms with van der Waals surface area (Å²) in [4.78, 5) is 16.8. The van der Waals surface area contributed by atoms with Crippen molar-refractivity contribution >= 4 is 46.9 Å². The van der Waals surface area contributed by atoms with Crippen LogP contribution in [0.25, 0.3) is 10.9 Å². The van der Waals surface area contributed by atoms with Crippen molar-refractivity contribution in [3.63, 3.8) is 0 Å². The van der Waals surface area contributed by atoms with Gasteiger partial charge in [0.05, 0.1) is 5.52 Å². The van der Waals surface area contributed by atoms with E-state index in [2.05, 4.69) is 55.3 Å². The van der Waals surface area contributed by atoms with E-state index < -0.39 is 8.32 Å². The van der Waals surface area contributed by atoms with Crippen molar-refractivity contribution in [1.82, 2.24) is 4.98 Å².